The highest BCUT2D eigenvalue weighted by Crippen LogP contribution is 2.13. The Hall–Kier alpha value is -2.01. The maximum atomic E-state index is 12.7. The Morgan fingerprint density at radius 1 is 1.07 bits per heavy atom. The van der Waals surface area contributed by atoms with Crippen molar-refractivity contribution in [1.82, 2.24) is 10.0 Å². The molecule has 0 heterocycles. The van der Waals surface area contributed by atoms with E-state index in [1.807, 2.05) is 6.92 Å². The average Bonchev–Trinajstić information content (AvgIpc) is 2.60. The van der Waals surface area contributed by atoms with E-state index in [1.54, 1.807) is 32.9 Å². The summed E-state index contributed by atoms with van der Waals surface area (Å²) in [6, 6.07) is 4.75. The molecule has 0 saturated carbocycles. The number of methoxy groups -OCH3 is 2. The number of benzene rings is 1. The van der Waals surface area contributed by atoms with Gasteiger partial charge in [0.2, 0.25) is 15.9 Å². The molecule has 0 aromatic heterocycles. The lowest BCUT2D eigenvalue weighted by Crippen LogP contribution is -2.50. The molecule has 0 aliphatic carbocycles. The van der Waals surface area contributed by atoms with Gasteiger partial charge in [-0.25, -0.2) is 8.42 Å². The molecule has 0 radical (unpaired) electrons. The number of esters is 1. The van der Waals surface area contributed by atoms with Gasteiger partial charge in [-0.2, -0.15) is 4.72 Å². The van der Waals surface area contributed by atoms with Gasteiger partial charge in [-0.1, -0.05) is 17.7 Å². The quantitative estimate of drug-likeness (QED) is 0.421. The molecule has 0 saturated heterocycles. The summed E-state index contributed by atoms with van der Waals surface area (Å²) in [6.07, 6.45) is -1.19. The molecule has 0 aliphatic heterocycles. The van der Waals surface area contributed by atoms with Gasteiger partial charge in [-0.15, -0.1) is 0 Å². The second kappa shape index (κ2) is 10.7. The highest BCUT2D eigenvalue weighted by atomic mass is 32.2. The lowest BCUT2D eigenvalue weighted by atomic mass is 10.1. The van der Waals surface area contributed by atoms with Crippen LogP contribution < -0.4 is 10.0 Å². The molecule has 9 nitrogen and oxygen atoms in total. The summed E-state index contributed by atoms with van der Waals surface area (Å²) >= 11 is 0. The number of amides is 1. The number of hydrogen-bond acceptors (Lipinski definition) is 7. The molecule has 0 bridgehead atoms. The Kier molecular flexibility index (Phi) is 9.21. The van der Waals surface area contributed by atoms with Crippen LogP contribution in [0.1, 0.15) is 32.8 Å². The minimum Gasteiger partial charge on any atom is -0.460 e. The standard InChI is InChI=1S/C19H30N2O7S/c1-13-7-9-14(10-8-13)29(24,25)21-15(11-16(22)28-19(2,3)4)18(23)20-12-17(26-5)27-6/h7-10,15,17,21H,11-12H2,1-6H3,(H,20,23). The summed E-state index contributed by atoms with van der Waals surface area (Å²) in [5.41, 5.74) is 0.114. The Balaban J connectivity index is 3.00. The third-order valence-corrected chi connectivity index (χ3v) is 5.19. The van der Waals surface area contributed by atoms with Crippen molar-refractivity contribution in [2.45, 2.75) is 56.9 Å². The van der Waals surface area contributed by atoms with Gasteiger partial charge in [0.25, 0.3) is 0 Å². The minimum atomic E-state index is -4.04. The first-order chi connectivity index (χ1) is 13.4. The summed E-state index contributed by atoms with van der Waals surface area (Å²) < 4.78 is 42.8. The van der Waals surface area contributed by atoms with Crippen molar-refractivity contribution >= 4 is 21.9 Å². The molecular weight excluding hydrogens is 400 g/mol. The number of rotatable bonds is 10. The van der Waals surface area contributed by atoms with E-state index in [4.69, 9.17) is 14.2 Å². The van der Waals surface area contributed by atoms with Gasteiger partial charge in [0.1, 0.15) is 11.6 Å². The lowest BCUT2D eigenvalue weighted by Gasteiger charge is -2.23. The van der Waals surface area contributed by atoms with E-state index < -0.39 is 46.3 Å². The van der Waals surface area contributed by atoms with Crippen LogP contribution in [0.4, 0.5) is 0 Å². The van der Waals surface area contributed by atoms with Crippen LogP contribution in [0.25, 0.3) is 0 Å². The fraction of sp³-hybridized carbons (Fsp3) is 0.579. The smallest absolute Gasteiger partial charge is 0.308 e. The van der Waals surface area contributed by atoms with E-state index in [9.17, 15) is 18.0 Å². The van der Waals surface area contributed by atoms with Crippen LogP contribution in [0.5, 0.6) is 0 Å². The zero-order valence-corrected chi connectivity index (χ0v) is 18.5. The number of aryl methyl sites for hydroxylation is 1. The second-order valence-electron chi connectivity index (χ2n) is 7.42. The molecule has 0 spiro atoms. The number of nitrogens with one attached hydrogen (secondary N) is 2. The molecule has 0 aliphatic rings. The Morgan fingerprint density at radius 2 is 1.62 bits per heavy atom. The van der Waals surface area contributed by atoms with Crippen molar-refractivity contribution < 1.29 is 32.2 Å². The zero-order valence-electron chi connectivity index (χ0n) is 17.6. The maximum Gasteiger partial charge on any atom is 0.308 e. The van der Waals surface area contributed by atoms with E-state index in [2.05, 4.69) is 10.0 Å². The predicted molar refractivity (Wildman–Crippen MR) is 107 cm³/mol. The molecule has 1 aromatic rings. The summed E-state index contributed by atoms with van der Waals surface area (Å²) in [7, 11) is -1.24. The molecule has 1 unspecified atom stereocenters. The SMILES string of the molecule is COC(CNC(=O)C(CC(=O)OC(C)(C)C)NS(=O)(=O)c1ccc(C)cc1)OC. The highest BCUT2D eigenvalue weighted by Gasteiger charge is 2.30. The summed E-state index contributed by atoms with van der Waals surface area (Å²) in [4.78, 5) is 24.8. The average molecular weight is 431 g/mol. The van der Waals surface area contributed by atoms with Gasteiger partial charge in [-0.3, -0.25) is 9.59 Å². The molecule has 10 heteroatoms. The number of hydrogen-bond donors (Lipinski definition) is 2. The van der Waals surface area contributed by atoms with Crippen LogP contribution in [0, 0.1) is 6.92 Å². The van der Waals surface area contributed by atoms with Crippen molar-refractivity contribution in [2.24, 2.45) is 0 Å². The van der Waals surface area contributed by atoms with Gasteiger partial charge >= 0.3 is 5.97 Å². The molecule has 2 N–H and O–H groups in total. The normalized spacial score (nSPS) is 13.2. The Labute approximate surface area is 172 Å². The van der Waals surface area contributed by atoms with Crippen molar-refractivity contribution in [3.05, 3.63) is 29.8 Å². The van der Waals surface area contributed by atoms with Gasteiger partial charge in [0.05, 0.1) is 17.9 Å². The van der Waals surface area contributed by atoms with Crippen molar-refractivity contribution in [3.8, 4) is 0 Å². The van der Waals surface area contributed by atoms with Gasteiger partial charge in [0.15, 0.2) is 6.29 Å². The summed E-state index contributed by atoms with van der Waals surface area (Å²) in [5.74, 6) is -1.41. The molecule has 164 valence electrons. The second-order valence-corrected chi connectivity index (χ2v) is 9.14. The molecule has 1 aromatic carbocycles. The number of ether oxygens (including phenoxy) is 3. The van der Waals surface area contributed by atoms with Crippen LogP contribution >= 0.6 is 0 Å². The van der Waals surface area contributed by atoms with Gasteiger partial charge in [-0.05, 0) is 39.8 Å². The molecule has 1 amide bonds. The van der Waals surface area contributed by atoms with Crippen molar-refractivity contribution in [1.29, 1.82) is 0 Å². The summed E-state index contributed by atoms with van der Waals surface area (Å²) in [5, 5.41) is 2.51. The van der Waals surface area contributed by atoms with Crippen LogP contribution in [-0.4, -0.2) is 59.0 Å². The number of carbonyl (C=O) groups excluding carboxylic acids is 2. The minimum absolute atomic E-state index is 0.0169. The largest absolute Gasteiger partial charge is 0.460 e. The summed E-state index contributed by atoms with van der Waals surface area (Å²) in [6.45, 7) is 6.84. The predicted octanol–water partition coefficient (Wildman–Crippen LogP) is 1.11. The highest BCUT2D eigenvalue weighted by molar-refractivity contribution is 7.89. The molecule has 1 rings (SSSR count). The van der Waals surface area contributed by atoms with Crippen LogP contribution in [0.2, 0.25) is 0 Å². The number of sulfonamides is 1. The monoisotopic (exact) mass is 430 g/mol. The first-order valence-electron chi connectivity index (χ1n) is 9.02. The van der Waals surface area contributed by atoms with Crippen LogP contribution in [0.3, 0.4) is 0 Å². The van der Waals surface area contributed by atoms with Gasteiger partial charge < -0.3 is 19.5 Å². The fourth-order valence-electron chi connectivity index (χ4n) is 2.28. The molecule has 1 atom stereocenters. The van der Waals surface area contributed by atoms with E-state index in [0.717, 1.165) is 5.56 Å². The molecule has 0 fully saturated rings. The fourth-order valence-corrected chi connectivity index (χ4v) is 3.48. The number of carbonyl (C=O) groups is 2. The molecule has 29 heavy (non-hydrogen) atoms. The molecular formula is C19H30N2O7S. The zero-order chi connectivity index (χ0) is 22.2. The third kappa shape index (κ3) is 8.90. The maximum absolute atomic E-state index is 12.7. The topological polar surface area (TPSA) is 120 Å². The Morgan fingerprint density at radius 3 is 2.10 bits per heavy atom. The lowest BCUT2D eigenvalue weighted by molar-refractivity contribution is -0.156. The van der Waals surface area contributed by atoms with E-state index >= 15 is 0 Å². The van der Waals surface area contributed by atoms with E-state index in [1.165, 1.54) is 26.4 Å². The van der Waals surface area contributed by atoms with E-state index in [-0.39, 0.29) is 11.4 Å². The van der Waals surface area contributed by atoms with Crippen molar-refractivity contribution in [2.75, 3.05) is 20.8 Å². The Bertz CT molecular complexity index is 782. The third-order valence-electron chi connectivity index (χ3n) is 3.70. The first-order valence-corrected chi connectivity index (χ1v) is 10.5. The van der Waals surface area contributed by atoms with E-state index in [0.29, 0.717) is 0 Å². The van der Waals surface area contributed by atoms with Gasteiger partial charge in [0, 0.05) is 14.2 Å². The van der Waals surface area contributed by atoms with Crippen LogP contribution in [0.15, 0.2) is 29.2 Å². The van der Waals surface area contributed by atoms with Crippen molar-refractivity contribution in [3.63, 3.8) is 0 Å². The first kappa shape index (κ1) is 25.0. The van der Waals surface area contributed by atoms with Crippen LogP contribution in [-0.2, 0) is 33.8 Å².